The van der Waals surface area contributed by atoms with E-state index in [2.05, 4.69) is 5.32 Å². The monoisotopic (exact) mass is 291 g/mol. The molecule has 1 aliphatic carbocycles. The molecule has 6 nitrogen and oxygen atoms in total. The molecule has 0 bridgehead atoms. The van der Waals surface area contributed by atoms with Crippen LogP contribution in [0.15, 0.2) is 12.1 Å². The zero-order chi connectivity index (χ0) is 15.6. The van der Waals surface area contributed by atoms with Gasteiger partial charge in [0.25, 0.3) is 0 Å². The lowest BCUT2D eigenvalue weighted by molar-refractivity contribution is 0.203. The predicted octanol–water partition coefficient (Wildman–Crippen LogP) is 2.77. The Labute approximate surface area is 124 Å². The molecule has 114 valence electrons. The van der Waals surface area contributed by atoms with E-state index in [9.17, 15) is 14.7 Å². The summed E-state index contributed by atoms with van der Waals surface area (Å²) in [5.41, 5.74) is 3.58. The maximum Gasteiger partial charge on any atom is 0.411 e. The molecular weight excluding hydrogens is 270 g/mol. The van der Waals surface area contributed by atoms with Gasteiger partial charge in [0.15, 0.2) is 0 Å². The Balaban J connectivity index is 2.42. The summed E-state index contributed by atoms with van der Waals surface area (Å²) in [7, 11) is 4.92. The van der Waals surface area contributed by atoms with Crippen LogP contribution in [0.1, 0.15) is 24.0 Å². The van der Waals surface area contributed by atoms with E-state index in [1.54, 1.807) is 33.3 Å². The maximum atomic E-state index is 11.8. The molecule has 0 saturated heterocycles. The number of carbonyl (C=O) groups is 2. The van der Waals surface area contributed by atoms with Crippen molar-refractivity contribution in [3.05, 3.63) is 23.3 Å². The number of nitrogens with zero attached hydrogens (tertiary/aromatic N) is 2. The zero-order valence-corrected chi connectivity index (χ0v) is 12.6. The van der Waals surface area contributed by atoms with Crippen molar-refractivity contribution in [2.75, 3.05) is 31.4 Å². The third kappa shape index (κ3) is 3.09. The van der Waals surface area contributed by atoms with E-state index in [0.717, 1.165) is 42.5 Å². The van der Waals surface area contributed by atoms with Gasteiger partial charge in [0, 0.05) is 26.8 Å². The lowest BCUT2D eigenvalue weighted by atomic mass is 9.88. The Morgan fingerprint density at radius 3 is 2.29 bits per heavy atom. The van der Waals surface area contributed by atoms with Crippen molar-refractivity contribution in [3.63, 3.8) is 0 Å². The van der Waals surface area contributed by atoms with Gasteiger partial charge in [-0.05, 0) is 48.9 Å². The molecule has 0 unspecified atom stereocenters. The molecule has 0 radical (unpaired) electrons. The number of urea groups is 1. The molecule has 1 aromatic carbocycles. The lowest BCUT2D eigenvalue weighted by Gasteiger charge is -2.26. The Kier molecular flexibility index (Phi) is 4.35. The summed E-state index contributed by atoms with van der Waals surface area (Å²) in [5, 5.41) is 12.1. The van der Waals surface area contributed by atoms with Crippen LogP contribution in [0.3, 0.4) is 0 Å². The average Bonchev–Trinajstić information content (AvgIpc) is 2.46. The number of carboxylic acid groups (broad SMARTS) is 1. The summed E-state index contributed by atoms with van der Waals surface area (Å²) >= 11 is 0. The highest BCUT2D eigenvalue weighted by atomic mass is 16.4. The Hall–Kier alpha value is -2.24. The van der Waals surface area contributed by atoms with E-state index in [1.807, 2.05) is 0 Å². The van der Waals surface area contributed by atoms with Crippen LogP contribution in [-0.2, 0) is 12.8 Å². The summed E-state index contributed by atoms with van der Waals surface area (Å²) in [6.45, 7) is 0. The highest BCUT2D eigenvalue weighted by Gasteiger charge is 2.22. The number of amides is 3. The first-order valence-corrected chi connectivity index (χ1v) is 7.01. The quantitative estimate of drug-likeness (QED) is 0.880. The Bertz CT molecular complexity index is 570. The fraction of sp³-hybridized carbons (Fsp3) is 0.467. The largest absolute Gasteiger partial charge is 0.465 e. The zero-order valence-electron chi connectivity index (χ0n) is 12.6. The fourth-order valence-electron chi connectivity index (χ4n) is 2.61. The van der Waals surface area contributed by atoms with Crippen LogP contribution in [0.2, 0.25) is 0 Å². The van der Waals surface area contributed by atoms with Gasteiger partial charge in [-0.2, -0.15) is 0 Å². The Morgan fingerprint density at radius 2 is 1.71 bits per heavy atom. The first-order chi connectivity index (χ1) is 9.91. The van der Waals surface area contributed by atoms with Gasteiger partial charge in [0.05, 0.1) is 5.69 Å². The Morgan fingerprint density at radius 1 is 1.10 bits per heavy atom. The molecule has 0 saturated carbocycles. The molecule has 0 spiro atoms. The second kappa shape index (κ2) is 6.03. The predicted molar refractivity (Wildman–Crippen MR) is 82.2 cm³/mol. The minimum Gasteiger partial charge on any atom is -0.465 e. The summed E-state index contributed by atoms with van der Waals surface area (Å²) < 4.78 is 0. The molecular formula is C15H21N3O3. The topological polar surface area (TPSA) is 72.9 Å². The molecule has 3 amide bonds. The molecule has 21 heavy (non-hydrogen) atoms. The van der Waals surface area contributed by atoms with Gasteiger partial charge >= 0.3 is 12.1 Å². The molecule has 1 aromatic rings. The second-order valence-corrected chi connectivity index (χ2v) is 5.46. The van der Waals surface area contributed by atoms with Gasteiger partial charge in [-0.1, -0.05) is 0 Å². The van der Waals surface area contributed by atoms with Gasteiger partial charge in [-0.25, -0.2) is 9.59 Å². The number of fused-ring (bicyclic) bond motifs is 1. The second-order valence-electron chi connectivity index (χ2n) is 5.46. The van der Waals surface area contributed by atoms with Crippen LogP contribution in [0, 0.1) is 0 Å². The summed E-state index contributed by atoms with van der Waals surface area (Å²) in [4.78, 5) is 25.7. The SMILES string of the molecule is CN(C)C(=O)Nc1ccc(N(C)C(=O)O)c2c1CCCC2. The van der Waals surface area contributed by atoms with Crippen molar-refractivity contribution in [1.29, 1.82) is 0 Å². The fourth-order valence-corrected chi connectivity index (χ4v) is 2.61. The first kappa shape index (κ1) is 15.2. The lowest BCUT2D eigenvalue weighted by Crippen LogP contribution is -2.29. The van der Waals surface area contributed by atoms with Crippen molar-refractivity contribution in [3.8, 4) is 0 Å². The standard InChI is InChI=1S/C15H21N3O3/c1-17(2)14(19)16-12-8-9-13(18(3)15(20)21)11-7-5-4-6-10(11)12/h8-9H,4-7H2,1-3H3,(H,16,19)(H,20,21). The van der Waals surface area contributed by atoms with Crippen molar-refractivity contribution in [2.45, 2.75) is 25.7 Å². The summed E-state index contributed by atoms with van der Waals surface area (Å²) in [5.74, 6) is 0. The number of hydrogen-bond acceptors (Lipinski definition) is 2. The van der Waals surface area contributed by atoms with E-state index >= 15 is 0 Å². The number of nitrogens with one attached hydrogen (secondary N) is 1. The van der Waals surface area contributed by atoms with Gasteiger partial charge in [0.2, 0.25) is 0 Å². The van der Waals surface area contributed by atoms with Crippen molar-refractivity contribution in [1.82, 2.24) is 4.90 Å². The number of carbonyl (C=O) groups excluding carboxylic acids is 1. The van der Waals surface area contributed by atoms with Crippen LogP contribution in [0.5, 0.6) is 0 Å². The highest BCUT2D eigenvalue weighted by Crippen LogP contribution is 2.35. The van der Waals surface area contributed by atoms with Gasteiger partial charge in [-0.15, -0.1) is 0 Å². The van der Waals surface area contributed by atoms with Crippen LogP contribution in [0.25, 0.3) is 0 Å². The first-order valence-electron chi connectivity index (χ1n) is 7.01. The number of benzene rings is 1. The molecule has 0 aromatic heterocycles. The van der Waals surface area contributed by atoms with Crippen LogP contribution < -0.4 is 10.2 Å². The normalized spacial score (nSPS) is 13.3. The van der Waals surface area contributed by atoms with Crippen LogP contribution in [0.4, 0.5) is 21.0 Å². The molecule has 0 fully saturated rings. The molecule has 0 aliphatic heterocycles. The molecule has 0 heterocycles. The van der Waals surface area contributed by atoms with Gasteiger partial charge in [-0.3, -0.25) is 4.90 Å². The molecule has 1 aliphatic rings. The smallest absolute Gasteiger partial charge is 0.411 e. The van der Waals surface area contributed by atoms with Crippen molar-refractivity contribution in [2.24, 2.45) is 0 Å². The molecule has 6 heteroatoms. The van der Waals surface area contributed by atoms with Crippen LogP contribution >= 0.6 is 0 Å². The van der Waals surface area contributed by atoms with Gasteiger partial charge in [0.1, 0.15) is 0 Å². The van der Waals surface area contributed by atoms with E-state index < -0.39 is 6.09 Å². The van der Waals surface area contributed by atoms with Crippen molar-refractivity contribution >= 4 is 23.5 Å². The van der Waals surface area contributed by atoms with Gasteiger partial charge < -0.3 is 15.3 Å². The maximum absolute atomic E-state index is 11.8. The molecule has 2 N–H and O–H groups in total. The summed E-state index contributed by atoms with van der Waals surface area (Å²) in [6.07, 6.45) is 2.82. The molecule has 0 atom stereocenters. The number of anilines is 2. The van der Waals surface area contributed by atoms with Crippen molar-refractivity contribution < 1.29 is 14.7 Å². The van der Waals surface area contributed by atoms with Crippen LogP contribution in [-0.4, -0.2) is 43.3 Å². The molecule has 2 rings (SSSR count). The van der Waals surface area contributed by atoms with E-state index in [4.69, 9.17) is 0 Å². The highest BCUT2D eigenvalue weighted by molar-refractivity contribution is 5.92. The number of hydrogen-bond donors (Lipinski definition) is 2. The summed E-state index contributed by atoms with van der Waals surface area (Å²) in [6, 6.07) is 3.38. The van der Waals surface area contributed by atoms with E-state index in [0.29, 0.717) is 5.69 Å². The third-order valence-corrected chi connectivity index (χ3v) is 3.81. The van der Waals surface area contributed by atoms with E-state index in [1.165, 1.54) is 9.80 Å². The average molecular weight is 291 g/mol. The minimum atomic E-state index is -0.979. The number of rotatable bonds is 2. The third-order valence-electron chi connectivity index (χ3n) is 3.81. The minimum absolute atomic E-state index is 0.179. The van der Waals surface area contributed by atoms with E-state index in [-0.39, 0.29) is 6.03 Å².